The molecule has 5 heteroatoms. The fourth-order valence-corrected chi connectivity index (χ4v) is 1.91. The number of para-hydroxylation sites is 2. The number of nitrogens with one attached hydrogen (secondary N) is 1. The molecular weight excluding hydrogens is 268 g/mol. The van der Waals surface area contributed by atoms with Crippen LogP contribution in [-0.4, -0.2) is 24.2 Å². The van der Waals surface area contributed by atoms with Crippen LogP contribution in [0.2, 0.25) is 0 Å². The number of anilines is 1. The monoisotopic (exact) mass is 286 g/mol. The molecule has 5 nitrogen and oxygen atoms in total. The largest absolute Gasteiger partial charge is 0.482 e. The van der Waals surface area contributed by atoms with E-state index >= 15 is 0 Å². The Bertz CT molecular complexity index is 587. The van der Waals surface area contributed by atoms with Crippen LogP contribution in [-0.2, 0) is 4.79 Å². The highest BCUT2D eigenvalue weighted by Crippen LogP contribution is 2.19. The second kappa shape index (κ2) is 7.31. The van der Waals surface area contributed by atoms with Crippen LogP contribution < -0.4 is 15.8 Å². The third-order valence-corrected chi connectivity index (χ3v) is 3.00. The number of carbonyl (C=O) groups is 1. The van der Waals surface area contributed by atoms with Crippen molar-refractivity contribution in [2.75, 3.05) is 18.9 Å². The summed E-state index contributed by atoms with van der Waals surface area (Å²) in [5.41, 5.74) is 7.05. The van der Waals surface area contributed by atoms with Crippen LogP contribution in [0.4, 0.5) is 5.69 Å². The topological polar surface area (TPSA) is 84.6 Å². The van der Waals surface area contributed by atoms with Crippen molar-refractivity contribution in [3.05, 3.63) is 60.2 Å². The van der Waals surface area contributed by atoms with E-state index in [1.165, 1.54) is 0 Å². The van der Waals surface area contributed by atoms with Crippen LogP contribution in [0.15, 0.2) is 54.6 Å². The molecule has 0 fully saturated rings. The van der Waals surface area contributed by atoms with Crippen molar-refractivity contribution in [1.29, 1.82) is 0 Å². The number of rotatable bonds is 6. The average Bonchev–Trinajstić information content (AvgIpc) is 2.52. The van der Waals surface area contributed by atoms with E-state index < -0.39 is 6.04 Å². The van der Waals surface area contributed by atoms with Crippen molar-refractivity contribution in [1.82, 2.24) is 5.32 Å². The van der Waals surface area contributed by atoms with Gasteiger partial charge in [-0.2, -0.15) is 0 Å². The first kappa shape index (κ1) is 14.9. The van der Waals surface area contributed by atoms with Crippen molar-refractivity contribution < 1.29 is 14.6 Å². The molecule has 0 saturated heterocycles. The fourth-order valence-electron chi connectivity index (χ4n) is 1.91. The molecule has 0 aliphatic heterocycles. The fraction of sp³-hybridized carbons (Fsp3) is 0.188. The van der Waals surface area contributed by atoms with Crippen molar-refractivity contribution in [3.63, 3.8) is 0 Å². The Kier molecular flexibility index (Phi) is 5.17. The molecule has 4 N–H and O–H groups in total. The average molecular weight is 286 g/mol. The van der Waals surface area contributed by atoms with Gasteiger partial charge in [0.15, 0.2) is 6.61 Å². The molecule has 0 bridgehead atoms. The van der Waals surface area contributed by atoms with E-state index in [9.17, 15) is 9.90 Å². The summed E-state index contributed by atoms with van der Waals surface area (Å²) in [5, 5.41) is 12.1. The molecule has 0 heterocycles. The maximum absolute atomic E-state index is 11.9. The summed E-state index contributed by atoms with van der Waals surface area (Å²) in [6.45, 7) is -0.333. The number of hydrogen-bond acceptors (Lipinski definition) is 4. The predicted molar refractivity (Wildman–Crippen MR) is 80.8 cm³/mol. The van der Waals surface area contributed by atoms with Crippen molar-refractivity contribution in [2.45, 2.75) is 6.04 Å². The normalized spacial score (nSPS) is 11.7. The summed E-state index contributed by atoms with van der Waals surface area (Å²) in [4.78, 5) is 11.9. The molecule has 2 aromatic rings. The quantitative estimate of drug-likeness (QED) is 0.703. The summed E-state index contributed by atoms with van der Waals surface area (Å²) < 4.78 is 5.36. The number of nitrogens with two attached hydrogens (primary N) is 1. The number of amides is 1. The molecule has 0 saturated carbocycles. The zero-order valence-corrected chi connectivity index (χ0v) is 11.5. The predicted octanol–water partition coefficient (Wildman–Crippen LogP) is 1.50. The van der Waals surface area contributed by atoms with Gasteiger partial charge in [0, 0.05) is 0 Å². The summed E-state index contributed by atoms with van der Waals surface area (Å²) in [7, 11) is 0. The Morgan fingerprint density at radius 3 is 2.48 bits per heavy atom. The van der Waals surface area contributed by atoms with Crippen LogP contribution >= 0.6 is 0 Å². The molecule has 0 aliphatic rings. The molecule has 110 valence electrons. The van der Waals surface area contributed by atoms with Gasteiger partial charge < -0.3 is 20.9 Å². The number of aliphatic hydroxyl groups is 1. The van der Waals surface area contributed by atoms with E-state index in [1.54, 1.807) is 24.3 Å². The Hall–Kier alpha value is -2.53. The second-order valence-electron chi connectivity index (χ2n) is 4.54. The summed E-state index contributed by atoms with van der Waals surface area (Å²) in [6.07, 6.45) is 0. The van der Waals surface area contributed by atoms with Gasteiger partial charge >= 0.3 is 0 Å². The van der Waals surface area contributed by atoms with Crippen molar-refractivity contribution in [2.24, 2.45) is 0 Å². The summed E-state index contributed by atoms with van der Waals surface area (Å²) in [6, 6.07) is 15.8. The van der Waals surface area contributed by atoms with E-state index in [1.807, 2.05) is 30.3 Å². The maximum atomic E-state index is 11.9. The third kappa shape index (κ3) is 4.22. The summed E-state index contributed by atoms with van der Waals surface area (Å²) in [5.74, 6) is 0.147. The number of nitrogen functional groups attached to an aromatic ring is 1. The van der Waals surface area contributed by atoms with Crippen LogP contribution in [0, 0.1) is 0 Å². The van der Waals surface area contributed by atoms with Gasteiger partial charge in [-0.3, -0.25) is 4.79 Å². The Morgan fingerprint density at radius 1 is 1.14 bits per heavy atom. The molecule has 0 aliphatic carbocycles. The molecule has 0 aromatic heterocycles. The molecule has 1 unspecified atom stereocenters. The molecule has 2 rings (SSSR count). The minimum atomic E-state index is -0.449. The van der Waals surface area contributed by atoms with E-state index in [2.05, 4.69) is 5.32 Å². The molecule has 1 atom stereocenters. The molecule has 0 radical (unpaired) electrons. The van der Waals surface area contributed by atoms with Crippen molar-refractivity contribution >= 4 is 11.6 Å². The highest BCUT2D eigenvalue weighted by molar-refractivity contribution is 5.78. The van der Waals surface area contributed by atoms with Gasteiger partial charge in [-0.05, 0) is 17.7 Å². The third-order valence-electron chi connectivity index (χ3n) is 3.00. The lowest BCUT2D eigenvalue weighted by atomic mass is 10.1. The van der Waals surface area contributed by atoms with E-state index in [0.29, 0.717) is 11.4 Å². The minimum Gasteiger partial charge on any atom is -0.482 e. The number of hydrogen-bond donors (Lipinski definition) is 3. The van der Waals surface area contributed by atoms with Gasteiger partial charge in [-0.25, -0.2) is 0 Å². The zero-order chi connectivity index (χ0) is 15.1. The lowest BCUT2D eigenvalue weighted by Gasteiger charge is -2.17. The van der Waals surface area contributed by atoms with E-state index in [4.69, 9.17) is 10.5 Å². The van der Waals surface area contributed by atoms with Gasteiger partial charge in [0.25, 0.3) is 5.91 Å². The minimum absolute atomic E-state index is 0.155. The van der Waals surface area contributed by atoms with E-state index in [-0.39, 0.29) is 19.1 Å². The highest BCUT2D eigenvalue weighted by atomic mass is 16.5. The first-order valence-corrected chi connectivity index (χ1v) is 6.63. The maximum Gasteiger partial charge on any atom is 0.258 e. The lowest BCUT2D eigenvalue weighted by Crippen LogP contribution is -2.34. The number of aliphatic hydroxyl groups excluding tert-OH is 1. The van der Waals surface area contributed by atoms with Crippen molar-refractivity contribution in [3.8, 4) is 5.75 Å². The van der Waals surface area contributed by atoms with Gasteiger partial charge in [0.2, 0.25) is 0 Å². The van der Waals surface area contributed by atoms with Gasteiger partial charge in [-0.1, -0.05) is 42.5 Å². The molecule has 21 heavy (non-hydrogen) atoms. The number of ether oxygens (including phenoxy) is 1. The van der Waals surface area contributed by atoms with Gasteiger partial charge in [-0.15, -0.1) is 0 Å². The molecule has 2 aromatic carbocycles. The van der Waals surface area contributed by atoms with Crippen LogP contribution in [0.3, 0.4) is 0 Å². The highest BCUT2D eigenvalue weighted by Gasteiger charge is 2.13. The molecule has 1 amide bonds. The summed E-state index contributed by atoms with van der Waals surface area (Å²) >= 11 is 0. The Morgan fingerprint density at radius 2 is 1.81 bits per heavy atom. The van der Waals surface area contributed by atoms with Crippen LogP contribution in [0.5, 0.6) is 5.75 Å². The van der Waals surface area contributed by atoms with Gasteiger partial charge in [0.05, 0.1) is 18.3 Å². The SMILES string of the molecule is Nc1ccccc1OCC(=O)NC(CO)c1ccccc1. The standard InChI is InChI=1S/C16H18N2O3/c17-13-8-4-5-9-15(13)21-11-16(20)18-14(10-19)12-6-2-1-3-7-12/h1-9,14,19H,10-11,17H2,(H,18,20). The first-order valence-electron chi connectivity index (χ1n) is 6.63. The smallest absolute Gasteiger partial charge is 0.258 e. The number of carbonyl (C=O) groups excluding carboxylic acids is 1. The lowest BCUT2D eigenvalue weighted by molar-refractivity contribution is -0.124. The second-order valence-corrected chi connectivity index (χ2v) is 4.54. The molecule has 0 spiro atoms. The zero-order valence-electron chi connectivity index (χ0n) is 11.5. The Labute approximate surface area is 123 Å². The van der Waals surface area contributed by atoms with E-state index in [0.717, 1.165) is 5.56 Å². The van der Waals surface area contributed by atoms with Crippen LogP contribution in [0.25, 0.3) is 0 Å². The molecular formula is C16H18N2O3. The number of benzene rings is 2. The first-order chi connectivity index (χ1) is 10.2. The van der Waals surface area contributed by atoms with Crippen LogP contribution in [0.1, 0.15) is 11.6 Å². The Balaban J connectivity index is 1.90. The van der Waals surface area contributed by atoms with Gasteiger partial charge in [0.1, 0.15) is 5.75 Å².